The van der Waals surface area contributed by atoms with Gasteiger partial charge in [-0.05, 0) is 49.8 Å². The van der Waals surface area contributed by atoms with Gasteiger partial charge in [-0.15, -0.1) is 0 Å². The summed E-state index contributed by atoms with van der Waals surface area (Å²) in [6, 6.07) is 8.29. The van der Waals surface area contributed by atoms with Crippen LogP contribution >= 0.6 is 12.2 Å². The minimum Gasteiger partial charge on any atom is -0.340 e. The highest BCUT2D eigenvalue weighted by molar-refractivity contribution is 7.71. The predicted octanol–water partition coefficient (Wildman–Crippen LogP) is 2.88. The van der Waals surface area contributed by atoms with Crippen molar-refractivity contribution < 1.29 is 0 Å². The molecule has 3 rings (SSSR count). The Balaban J connectivity index is 2.00. The van der Waals surface area contributed by atoms with Gasteiger partial charge in [-0.1, -0.05) is 12.1 Å². The standard InChI is InChI=1S/C15H18N4S/c1-10-3-2-4-11(9-10)17-14-12-5-7-16-8-6-13(12)18-15(20)19-14/h2-4,9,16H,5-8H2,1H3,(H2,17,18,19,20). The molecule has 5 heteroatoms. The molecule has 0 atom stereocenters. The van der Waals surface area contributed by atoms with Crippen LogP contribution in [0.1, 0.15) is 16.8 Å². The van der Waals surface area contributed by atoms with Gasteiger partial charge >= 0.3 is 0 Å². The first kappa shape index (κ1) is 13.3. The maximum absolute atomic E-state index is 5.24. The third-order valence-electron chi connectivity index (χ3n) is 3.51. The molecule has 1 aromatic heterocycles. The minimum atomic E-state index is 0.542. The molecule has 1 aliphatic heterocycles. The summed E-state index contributed by atoms with van der Waals surface area (Å²) >= 11 is 5.24. The Morgan fingerprint density at radius 1 is 1.25 bits per heavy atom. The Labute approximate surface area is 123 Å². The summed E-state index contributed by atoms with van der Waals surface area (Å²) < 4.78 is 0.542. The van der Waals surface area contributed by atoms with Crippen LogP contribution in [0.25, 0.3) is 0 Å². The van der Waals surface area contributed by atoms with Crippen molar-refractivity contribution in [3.8, 4) is 0 Å². The third kappa shape index (κ3) is 2.89. The fraction of sp³-hybridized carbons (Fsp3) is 0.333. The lowest BCUT2D eigenvalue weighted by atomic mass is 10.1. The largest absolute Gasteiger partial charge is 0.340 e. The summed E-state index contributed by atoms with van der Waals surface area (Å²) in [6.07, 6.45) is 1.92. The zero-order valence-corrected chi connectivity index (χ0v) is 12.3. The second-order valence-electron chi connectivity index (χ2n) is 5.09. The van der Waals surface area contributed by atoms with E-state index in [0.717, 1.165) is 37.4 Å². The van der Waals surface area contributed by atoms with E-state index >= 15 is 0 Å². The van der Waals surface area contributed by atoms with Gasteiger partial charge in [0.15, 0.2) is 4.77 Å². The topological polar surface area (TPSA) is 52.7 Å². The second kappa shape index (κ2) is 5.73. The van der Waals surface area contributed by atoms with Crippen LogP contribution in [0, 0.1) is 11.7 Å². The normalized spacial score (nSPS) is 14.4. The number of nitrogens with zero attached hydrogens (tertiary/aromatic N) is 1. The number of rotatable bonds is 2. The minimum absolute atomic E-state index is 0.542. The van der Waals surface area contributed by atoms with Crippen LogP contribution in [0.5, 0.6) is 0 Å². The summed E-state index contributed by atoms with van der Waals surface area (Å²) in [7, 11) is 0. The van der Waals surface area contributed by atoms with Crippen molar-refractivity contribution in [3.05, 3.63) is 45.9 Å². The molecule has 0 unspecified atom stereocenters. The van der Waals surface area contributed by atoms with Gasteiger partial charge < -0.3 is 15.6 Å². The first-order chi connectivity index (χ1) is 9.72. The van der Waals surface area contributed by atoms with Gasteiger partial charge in [-0.25, -0.2) is 4.98 Å². The van der Waals surface area contributed by atoms with Gasteiger partial charge in [0.1, 0.15) is 5.82 Å². The Morgan fingerprint density at radius 2 is 2.10 bits per heavy atom. The number of hydrogen-bond donors (Lipinski definition) is 3. The molecule has 1 aliphatic rings. The van der Waals surface area contributed by atoms with Crippen LogP contribution in [-0.2, 0) is 12.8 Å². The molecule has 0 saturated heterocycles. The number of benzene rings is 1. The maximum atomic E-state index is 5.24. The van der Waals surface area contributed by atoms with Crippen LogP contribution < -0.4 is 10.6 Å². The van der Waals surface area contributed by atoms with Crippen molar-refractivity contribution in [2.45, 2.75) is 19.8 Å². The highest BCUT2D eigenvalue weighted by Gasteiger charge is 2.14. The molecule has 1 aromatic carbocycles. The van der Waals surface area contributed by atoms with Crippen LogP contribution in [0.2, 0.25) is 0 Å². The Morgan fingerprint density at radius 3 is 2.95 bits per heavy atom. The molecule has 104 valence electrons. The molecular weight excluding hydrogens is 268 g/mol. The van der Waals surface area contributed by atoms with Gasteiger partial charge in [0.2, 0.25) is 0 Å². The van der Waals surface area contributed by atoms with E-state index in [1.807, 2.05) is 6.07 Å². The highest BCUT2D eigenvalue weighted by atomic mass is 32.1. The summed E-state index contributed by atoms with van der Waals surface area (Å²) in [6.45, 7) is 4.04. The molecule has 0 amide bonds. The predicted molar refractivity (Wildman–Crippen MR) is 84.2 cm³/mol. The summed E-state index contributed by atoms with van der Waals surface area (Å²) in [5, 5.41) is 6.82. The number of nitrogens with one attached hydrogen (secondary N) is 3. The van der Waals surface area contributed by atoms with E-state index in [4.69, 9.17) is 12.2 Å². The first-order valence-corrected chi connectivity index (χ1v) is 7.30. The molecule has 0 radical (unpaired) electrons. The van der Waals surface area contributed by atoms with E-state index in [-0.39, 0.29) is 0 Å². The lowest BCUT2D eigenvalue weighted by molar-refractivity contribution is 0.708. The van der Waals surface area contributed by atoms with Crippen molar-refractivity contribution >= 4 is 23.7 Å². The zero-order chi connectivity index (χ0) is 13.9. The van der Waals surface area contributed by atoms with Gasteiger partial charge in [0, 0.05) is 29.9 Å². The van der Waals surface area contributed by atoms with E-state index in [0.29, 0.717) is 4.77 Å². The fourth-order valence-corrected chi connectivity index (χ4v) is 2.76. The van der Waals surface area contributed by atoms with Gasteiger partial charge in [-0.3, -0.25) is 0 Å². The Kier molecular flexibility index (Phi) is 3.80. The average Bonchev–Trinajstić information content (AvgIpc) is 2.64. The van der Waals surface area contributed by atoms with Crippen molar-refractivity contribution in [1.29, 1.82) is 0 Å². The molecular formula is C15H18N4S. The van der Waals surface area contributed by atoms with Crippen LogP contribution in [0.15, 0.2) is 24.3 Å². The van der Waals surface area contributed by atoms with Crippen molar-refractivity contribution in [3.63, 3.8) is 0 Å². The van der Waals surface area contributed by atoms with E-state index in [1.54, 1.807) is 0 Å². The zero-order valence-electron chi connectivity index (χ0n) is 11.5. The molecule has 0 spiro atoms. The molecule has 4 nitrogen and oxygen atoms in total. The Bertz CT molecular complexity index is 678. The third-order valence-corrected chi connectivity index (χ3v) is 3.70. The molecule has 0 fully saturated rings. The second-order valence-corrected chi connectivity index (χ2v) is 5.48. The van der Waals surface area contributed by atoms with Crippen LogP contribution in [-0.4, -0.2) is 23.1 Å². The van der Waals surface area contributed by atoms with Gasteiger partial charge in [0.25, 0.3) is 0 Å². The van der Waals surface area contributed by atoms with Crippen molar-refractivity contribution in [2.24, 2.45) is 0 Å². The summed E-state index contributed by atoms with van der Waals surface area (Å²) in [5.41, 5.74) is 4.72. The number of aryl methyl sites for hydroxylation is 1. The van der Waals surface area contributed by atoms with E-state index in [1.165, 1.54) is 16.8 Å². The van der Waals surface area contributed by atoms with Crippen LogP contribution in [0.3, 0.4) is 0 Å². The summed E-state index contributed by atoms with van der Waals surface area (Å²) in [4.78, 5) is 7.70. The number of aromatic amines is 1. The quantitative estimate of drug-likeness (QED) is 0.743. The van der Waals surface area contributed by atoms with Gasteiger partial charge in [-0.2, -0.15) is 0 Å². The number of H-pyrrole nitrogens is 1. The SMILES string of the molecule is Cc1cccc(Nc2nc(=S)[nH]c3c2CCNCC3)c1. The Hall–Kier alpha value is -1.72. The molecule has 0 aliphatic carbocycles. The van der Waals surface area contributed by atoms with Crippen LogP contribution in [0.4, 0.5) is 11.5 Å². The number of fused-ring (bicyclic) bond motifs is 1. The molecule has 2 heterocycles. The van der Waals surface area contributed by atoms with Gasteiger partial charge in [0.05, 0.1) is 0 Å². The summed E-state index contributed by atoms with van der Waals surface area (Å²) in [5.74, 6) is 0.887. The number of hydrogen-bond acceptors (Lipinski definition) is 4. The average molecular weight is 286 g/mol. The van der Waals surface area contributed by atoms with E-state index in [2.05, 4.69) is 45.7 Å². The smallest absolute Gasteiger partial charge is 0.198 e. The molecule has 0 saturated carbocycles. The number of anilines is 2. The molecule has 20 heavy (non-hydrogen) atoms. The fourth-order valence-electron chi connectivity index (χ4n) is 2.54. The first-order valence-electron chi connectivity index (χ1n) is 6.89. The lowest BCUT2D eigenvalue weighted by Crippen LogP contribution is -2.16. The molecule has 2 aromatic rings. The molecule has 0 bridgehead atoms. The number of aromatic nitrogens is 2. The van der Waals surface area contributed by atoms with Crippen molar-refractivity contribution in [1.82, 2.24) is 15.3 Å². The lowest BCUT2D eigenvalue weighted by Gasteiger charge is -2.13. The van der Waals surface area contributed by atoms with Crippen molar-refractivity contribution in [2.75, 3.05) is 18.4 Å². The molecule has 3 N–H and O–H groups in total. The monoisotopic (exact) mass is 286 g/mol. The van der Waals surface area contributed by atoms with E-state index in [9.17, 15) is 0 Å². The highest BCUT2D eigenvalue weighted by Crippen LogP contribution is 2.23. The maximum Gasteiger partial charge on any atom is 0.198 e. The van der Waals surface area contributed by atoms with E-state index < -0.39 is 0 Å².